The molecule has 4 aromatic rings. The number of rotatable bonds is 5. The summed E-state index contributed by atoms with van der Waals surface area (Å²) in [5, 5.41) is 2.52. The fraction of sp³-hybridized carbons (Fsp3) is 0.152. The summed E-state index contributed by atoms with van der Waals surface area (Å²) in [4.78, 5) is 53.7. The van der Waals surface area contributed by atoms with E-state index in [0.29, 0.717) is 11.4 Å². The lowest BCUT2D eigenvalue weighted by atomic mass is 9.55. The van der Waals surface area contributed by atoms with Gasteiger partial charge in [-0.2, -0.15) is 0 Å². The van der Waals surface area contributed by atoms with E-state index in [9.17, 15) is 23.6 Å². The first-order valence-electron chi connectivity index (χ1n) is 13.3. The molecule has 0 saturated carbocycles. The Morgan fingerprint density at radius 3 is 1.68 bits per heavy atom. The van der Waals surface area contributed by atoms with E-state index in [0.717, 1.165) is 22.3 Å². The SMILES string of the molecule is O=C(COC(=O)c1ccc(N2C(=O)[C@@H]3C4c5ccccc5C(c5ccccc54)[C@H]3C2=O)cc1)Nc1ccc(F)cc1. The highest BCUT2D eigenvalue weighted by Crippen LogP contribution is 2.61. The number of imide groups is 1. The second-order valence-electron chi connectivity index (χ2n) is 10.5. The minimum atomic E-state index is -0.734. The zero-order chi connectivity index (χ0) is 28.2. The molecule has 0 unspecified atom stereocenters. The zero-order valence-electron chi connectivity index (χ0n) is 21.6. The van der Waals surface area contributed by atoms with E-state index in [2.05, 4.69) is 29.6 Å². The monoisotopic (exact) mass is 546 g/mol. The molecule has 8 rings (SSSR count). The predicted molar refractivity (Wildman–Crippen MR) is 148 cm³/mol. The molecule has 2 bridgehead atoms. The topological polar surface area (TPSA) is 92.8 Å². The van der Waals surface area contributed by atoms with Gasteiger partial charge in [0.25, 0.3) is 5.91 Å². The van der Waals surface area contributed by atoms with Crippen molar-refractivity contribution in [2.75, 3.05) is 16.8 Å². The third-order valence-corrected chi connectivity index (χ3v) is 8.27. The zero-order valence-corrected chi connectivity index (χ0v) is 21.6. The number of benzene rings is 4. The number of ether oxygens (including phenoxy) is 1. The number of esters is 1. The number of carbonyl (C=O) groups is 4. The van der Waals surface area contributed by atoms with Crippen LogP contribution in [0.25, 0.3) is 0 Å². The van der Waals surface area contributed by atoms with Crippen molar-refractivity contribution >= 4 is 35.1 Å². The molecule has 2 atom stereocenters. The molecule has 0 aromatic heterocycles. The summed E-state index contributed by atoms with van der Waals surface area (Å²) in [5.74, 6) is -3.63. The van der Waals surface area contributed by atoms with Crippen molar-refractivity contribution in [1.29, 1.82) is 0 Å². The molecule has 4 aliphatic rings. The highest BCUT2D eigenvalue weighted by Gasteiger charge is 2.61. The number of carbonyl (C=O) groups excluding carboxylic acids is 4. The molecule has 7 nitrogen and oxygen atoms in total. The van der Waals surface area contributed by atoms with E-state index in [1.165, 1.54) is 41.3 Å². The van der Waals surface area contributed by atoms with Crippen molar-refractivity contribution in [2.45, 2.75) is 11.8 Å². The number of anilines is 2. The van der Waals surface area contributed by atoms with Gasteiger partial charge in [-0.25, -0.2) is 14.1 Å². The summed E-state index contributed by atoms with van der Waals surface area (Å²) in [6, 6.07) is 27.3. The van der Waals surface area contributed by atoms with Gasteiger partial charge < -0.3 is 10.1 Å². The minimum Gasteiger partial charge on any atom is -0.452 e. The molecule has 8 heteroatoms. The van der Waals surface area contributed by atoms with Crippen LogP contribution in [0.15, 0.2) is 97.1 Å². The molecule has 1 fully saturated rings. The number of amides is 3. The van der Waals surface area contributed by atoms with Crippen molar-refractivity contribution in [1.82, 2.24) is 0 Å². The summed E-state index contributed by atoms with van der Waals surface area (Å²) in [6.45, 7) is -0.533. The Balaban J connectivity index is 1.09. The van der Waals surface area contributed by atoms with Gasteiger partial charge in [0, 0.05) is 17.5 Å². The van der Waals surface area contributed by atoms with Gasteiger partial charge in [0.1, 0.15) is 5.82 Å². The molecule has 1 heterocycles. The van der Waals surface area contributed by atoms with Crippen molar-refractivity contribution in [3.63, 3.8) is 0 Å². The van der Waals surface area contributed by atoms with Crippen molar-refractivity contribution in [2.24, 2.45) is 11.8 Å². The largest absolute Gasteiger partial charge is 0.452 e. The first-order chi connectivity index (χ1) is 19.9. The molecule has 41 heavy (non-hydrogen) atoms. The Hall–Kier alpha value is -5.11. The van der Waals surface area contributed by atoms with Gasteiger partial charge in [-0.15, -0.1) is 0 Å². The van der Waals surface area contributed by atoms with Gasteiger partial charge in [-0.1, -0.05) is 48.5 Å². The van der Waals surface area contributed by atoms with Gasteiger partial charge in [0.15, 0.2) is 6.61 Å². The molecular weight excluding hydrogens is 523 g/mol. The third kappa shape index (κ3) is 3.94. The molecule has 0 spiro atoms. The molecule has 3 aliphatic carbocycles. The highest BCUT2D eigenvalue weighted by atomic mass is 19.1. The normalized spacial score (nSPS) is 21.6. The summed E-state index contributed by atoms with van der Waals surface area (Å²) in [7, 11) is 0. The van der Waals surface area contributed by atoms with Crippen LogP contribution in [0, 0.1) is 17.7 Å². The Morgan fingerprint density at radius 2 is 1.20 bits per heavy atom. The number of hydrogen-bond donors (Lipinski definition) is 1. The van der Waals surface area contributed by atoms with Gasteiger partial charge >= 0.3 is 5.97 Å². The maximum absolute atomic E-state index is 13.9. The summed E-state index contributed by atoms with van der Waals surface area (Å²) < 4.78 is 18.1. The molecule has 1 saturated heterocycles. The van der Waals surface area contributed by atoms with E-state index in [-0.39, 0.29) is 29.2 Å². The molecule has 3 amide bonds. The van der Waals surface area contributed by atoms with Crippen LogP contribution in [-0.2, 0) is 19.1 Å². The van der Waals surface area contributed by atoms with E-state index < -0.39 is 36.1 Å². The van der Waals surface area contributed by atoms with Crippen LogP contribution in [0.5, 0.6) is 0 Å². The molecule has 202 valence electrons. The molecule has 4 aromatic carbocycles. The van der Waals surface area contributed by atoms with Crippen molar-refractivity contribution < 1.29 is 28.3 Å². The fourth-order valence-electron chi connectivity index (χ4n) is 6.62. The van der Waals surface area contributed by atoms with Crippen molar-refractivity contribution in [3.8, 4) is 0 Å². The summed E-state index contributed by atoms with van der Waals surface area (Å²) in [5.41, 5.74) is 5.32. The Kier molecular flexibility index (Phi) is 5.78. The van der Waals surface area contributed by atoms with Crippen LogP contribution in [0.3, 0.4) is 0 Å². The average Bonchev–Trinajstić information content (AvgIpc) is 3.27. The lowest BCUT2D eigenvalue weighted by Gasteiger charge is -2.45. The summed E-state index contributed by atoms with van der Waals surface area (Å²) >= 11 is 0. The molecule has 1 aliphatic heterocycles. The van der Waals surface area contributed by atoms with Gasteiger partial charge in [0.2, 0.25) is 11.8 Å². The van der Waals surface area contributed by atoms with Crippen LogP contribution in [0.1, 0.15) is 44.4 Å². The average molecular weight is 547 g/mol. The molecule has 1 N–H and O–H groups in total. The first kappa shape index (κ1) is 24.9. The highest BCUT2D eigenvalue weighted by molar-refractivity contribution is 6.23. The number of halogens is 1. The standard InChI is InChI=1S/C33H23FN2O5/c34-19-11-13-20(14-12-19)35-26(37)17-41-33(40)18-9-15-21(16-10-18)36-31(38)29-27-22-5-1-2-6-23(22)28(30(29)32(36)39)25-8-4-3-7-24(25)27/h1-16,27-30H,17H2,(H,35,37)/t27?,28?,29-,30-/m1/s1. The fourth-order valence-corrected chi connectivity index (χ4v) is 6.62. The second kappa shape index (κ2) is 9.52. The van der Waals surface area contributed by atoms with Crippen LogP contribution < -0.4 is 10.2 Å². The number of hydrogen-bond acceptors (Lipinski definition) is 5. The van der Waals surface area contributed by atoms with Crippen LogP contribution >= 0.6 is 0 Å². The number of nitrogens with one attached hydrogen (secondary N) is 1. The van der Waals surface area contributed by atoms with Gasteiger partial charge in [-0.3, -0.25) is 14.4 Å². The van der Waals surface area contributed by atoms with Crippen LogP contribution in [0.4, 0.5) is 15.8 Å². The van der Waals surface area contributed by atoms with E-state index in [1.54, 1.807) is 12.1 Å². The van der Waals surface area contributed by atoms with E-state index >= 15 is 0 Å². The predicted octanol–water partition coefficient (Wildman–Crippen LogP) is 5.02. The first-order valence-corrected chi connectivity index (χ1v) is 13.3. The van der Waals surface area contributed by atoms with Crippen LogP contribution in [-0.4, -0.2) is 30.3 Å². The molecule has 0 radical (unpaired) electrons. The maximum atomic E-state index is 13.9. The Morgan fingerprint density at radius 1 is 0.707 bits per heavy atom. The van der Waals surface area contributed by atoms with Gasteiger partial charge in [-0.05, 0) is 70.8 Å². The van der Waals surface area contributed by atoms with E-state index in [1.807, 2.05) is 24.3 Å². The smallest absolute Gasteiger partial charge is 0.338 e. The number of nitrogens with zero attached hydrogens (tertiary/aromatic N) is 1. The quantitative estimate of drug-likeness (QED) is 0.280. The van der Waals surface area contributed by atoms with Crippen molar-refractivity contribution in [3.05, 3.63) is 131 Å². The lowest BCUT2D eigenvalue weighted by molar-refractivity contribution is -0.122. The molecular formula is C33H23FN2O5. The summed E-state index contributed by atoms with van der Waals surface area (Å²) in [6.07, 6.45) is 0. The third-order valence-electron chi connectivity index (χ3n) is 8.27. The van der Waals surface area contributed by atoms with Gasteiger partial charge in [0.05, 0.1) is 23.1 Å². The maximum Gasteiger partial charge on any atom is 0.338 e. The Labute approximate surface area is 234 Å². The van der Waals surface area contributed by atoms with Crippen LogP contribution in [0.2, 0.25) is 0 Å². The minimum absolute atomic E-state index is 0.166. The van der Waals surface area contributed by atoms with E-state index in [4.69, 9.17) is 4.74 Å². The Bertz CT molecular complexity index is 1620. The second-order valence-corrected chi connectivity index (χ2v) is 10.5. The lowest BCUT2D eigenvalue weighted by Crippen LogP contribution is -2.41.